The number of benzene rings is 1. The Labute approximate surface area is 204 Å². The fraction of sp³-hybridized carbons (Fsp3) is 0.391. The molecule has 1 aliphatic carbocycles. The molecule has 3 atom stereocenters. The fourth-order valence-corrected chi connectivity index (χ4v) is 5.26. The van der Waals surface area contributed by atoms with Gasteiger partial charge in [0.1, 0.15) is 6.04 Å². The second-order valence-electron chi connectivity index (χ2n) is 9.25. The standard InChI is InChI=1S/C23H23N9O4/c33-20-7-6-19(22(35)26-20)30-11-13-10-14(4-5-15(13)23(30)36)32-12-17(27-29-32)21(34)25-16-2-1-3-18(16)31-9-8-24-28-31/h4-5,8-10,12,16,18-19H,1-3,6-7,11H2,(H,25,34)(H,26,33,35)/t16-,18+,19?/m1/s1. The van der Waals surface area contributed by atoms with Gasteiger partial charge in [0.15, 0.2) is 5.69 Å². The highest BCUT2D eigenvalue weighted by atomic mass is 16.2. The highest BCUT2D eigenvalue weighted by molar-refractivity contribution is 6.05. The molecule has 184 valence electrons. The predicted octanol–water partition coefficient (Wildman–Crippen LogP) is 0.143. The molecule has 0 spiro atoms. The van der Waals surface area contributed by atoms with Gasteiger partial charge in [0.2, 0.25) is 11.8 Å². The third-order valence-corrected chi connectivity index (χ3v) is 7.07. The average Bonchev–Trinajstić information content (AvgIpc) is 3.66. The van der Waals surface area contributed by atoms with E-state index in [1.54, 1.807) is 41.5 Å². The number of piperidine rings is 1. The fourth-order valence-electron chi connectivity index (χ4n) is 5.26. The number of fused-ring (bicyclic) bond motifs is 1. The molecule has 0 radical (unpaired) electrons. The maximum absolute atomic E-state index is 12.9. The smallest absolute Gasteiger partial charge is 0.273 e. The van der Waals surface area contributed by atoms with Gasteiger partial charge in [-0.15, -0.1) is 10.2 Å². The van der Waals surface area contributed by atoms with E-state index in [2.05, 4.69) is 31.3 Å². The molecule has 2 N–H and O–H groups in total. The van der Waals surface area contributed by atoms with E-state index in [0.717, 1.165) is 24.8 Å². The third kappa shape index (κ3) is 3.82. The van der Waals surface area contributed by atoms with E-state index in [1.807, 2.05) is 0 Å². The second kappa shape index (κ2) is 8.66. The number of hydrogen-bond acceptors (Lipinski definition) is 8. The van der Waals surface area contributed by atoms with Crippen LogP contribution in [0, 0.1) is 0 Å². The number of aromatic nitrogens is 6. The lowest BCUT2D eigenvalue weighted by Crippen LogP contribution is -2.52. The summed E-state index contributed by atoms with van der Waals surface area (Å²) in [7, 11) is 0. The van der Waals surface area contributed by atoms with Crippen molar-refractivity contribution in [3.05, 3.63) is 53.6 Å². The minimum absolute atomic E-state index is 0.0491. The van der Waals surface area contributed by atoms with Crippen LogP contribution in [-0.4, -0.2) is 70.6 Å². The van der Waals surface area contributed by atoms with Crippen molar-refractivity contribution < 1.29 is 19.2 Å². The van der Waals surface area contributed by atoms with Crippen molar-refractivity contribution in [2.75, 3.05) is 0 Å². The number of rotatable bonds is 5. The highest BCUT2D eigenvalue weighted by Gasteiger charge is 2.39. The highest BCUT2D eigenvalue weighted by Crippen LogP contribution is 2.30. The summed E-state index contributed by atoms with van der Waals surface area (Å²) >= 11 is 0. The van der Waals surface area contributed by atoms with Crippen molar-refractivity contribution in [3.8, 4) is 5.69 Å². The van der Waals surface area contributed by atoms with E-state index in [-0.39, 0.29) is 48.5 Å². The molecule has 2 aromatic heterocycles. The predicted molar refractivity (Wildman–Crippen MR) is 122 cm³/mol. The molecule has 13 heteroatoms. The van der Waals surface area contributed by atoms with Gasteiger partial charge in [-0.25, -0.2) is 9.36 Å². The number of carbonyl (C=O) groups is 4. The van der Waals surface area contributed by atoms with E-state index < -0.39 is 11.9 Å². The molecule has 4 heterocycles. The zero-order chi connectivity index (χ0) is 24.8. The van der Waals surface area contributed by atoms with Gasteiger partial charge in [0.25, 0.3) is 11.8 Å². The average molecular weight is 489 g/mol. The van der Waals surface area contributed by atoms with Gasteiger partial charge in [0, 0.05) is 24.7 Å². The maximum Gasteiger partial charge on any atom is 0.273 e. The van der Waals surface area contributed by atoms with Gasteiger partial charge >= 0.3 is 0 Å². The number of hydrogen-bond donors (Lipinski definition) is 2. The van der Waals surface area contributed by atoms with Crippen LogP contribution in [0.4, 0.5) is 0 Å². The summed E-state index contributed by atoms with van der Waals surface area (Å²) in [6, 6.07) is 4.50. The van der Waals surface area contributed by atoms with Crippen LogP contribution in [0.2, 0.25) is 0 Å². The van der Waals surface area contributed by atoms with E-state index in [4.69, 9.17) is 0 Å². The first-order valence-electron chi connectivity index (χ1n) is 11.8. The van der Waals surface area contributed by atoms with Crippen LogP contribution >= 0.6 is 0 Å². The monoisotopic (exact) mass is 489 g/mol. The zero-order valence-corrected chi connectivity index (χ0v) is 19.2. The van der Waals surface area contributed by atoms with E-state index in [0.29, 0.717) is 17.7 Å². The summed E-state index contributed by atoms with van der Waals surface area (Å²) in [6.45, 7) is 0.252. The number of carbonyl (C=O) groups excluding carboxylic acids is 4. The summed E-state index contributed by atoms with van der Waals surface area (Å²) in [6.07, 6.45) is 8.20. The molecule has 1 aromatic carbocycles. The lowest BCUT2D eigenvalue weighted by atomic mass is 10.0. The zero-order valence-electron chi connectivity index (χ0n) is 19.2. The van der Waals surface area contributed by atoms with Crippen LogP contribution < -0.4 is 10.6 Å². The normalized spacial score (nSPS) is 23.6. The van der Waals surface area contributed by atoms with Crippen LogP contribution in [0.5, 0.6) is 0 Å². The van der Waals surface area contributed by atoms with Gasteiger partial charge in [-0.05, 0) is 49.4 Å². The molecular formula is C23H23N9O4. The van der Waals surface area contributed by atoms with Crippen LogP contribution in [-0.2, 0) is 16.1 Å². The second-order valence-corrected chi connectivity index (χ2v) is 9.25. The van der Waals surface area contributed by atoms with Gasteiger partial charge < -0.3 is 10.2 Å². The van der Waals surface area contributed by atoms with Gasteiger partial charge in [-0.2, -0.15) is 0 Å². The van der Waals surface area contributed by atoms with Crippen LogP contribution in [0.3, 0.4) is 0 Å². The Kier molecular flexibility index (Phi) is 5.31. The van der Waals surface area contributed by atoms with E-state index in [1.165, 1.54) is 9.58 Å². The largest absolute Gasteiger partial charge is 0.346 e. The summed E-state index contributed by atoms with van der Waals surface area (Å²) in [4.78, 5) is 51.0. The van der Waals surface area contributed by atoms with Crippen molar-refractivity contribution in [2.24, 2.45) is 0 Å². The molecule has 2 fully saturated rings. The van der Waals surface area contributed by atoms with Gasteiger partial charge in [-0.3, -0.25) is 24.5 Å². The van der Waals surface area contributed by atoms with E-state index in [9.17, 15) is 19.2 Å². The molecule has 0 bridgehead atoms. The Morgan fingerprint density at radius 2 is 2.00 bits per heavy atom. The summed E-state index contributed by atoms with van der Waals surface area (Å²) < 4.78 is 3.26. The van der Waals surface area contributed by atoms with Crippen molar-refractivity contribution in [1.82, 2.24) is 45.5 Å². The molecule has 36 heavy (non-hydrogen) atoms. The first-order valence-corrected chi connectivity index (χ1v) is 11.8. The van der Waals surface area contributed by atoms with Crippen molar-refractivity contribution in [1.29, 1.82) is 0 Å². The Bertz CT molecular complexity index is 1370. The summed E-state index contributed by atoms with van der Waals surface area (Å²) in [5.41, 5.74) is 2.06. The molecule has 1 unspecified atom stereocenters. The number of imide groups is 1. The molecule has 13 nitrogen and oxygen atoms in total. The first kappa shape index (κ1) is 22.1. The molecule has 2 aliphatic heterocycles. The first-order chi connectivity index (χ1) is 17.5. The SMILES string of the molecule is O=C1CCC(N2Cc3cc(-n4cc(C(=O)N[C@@H]5CCC[C@@H]5n5ccnn5)nn4)ccc3C2=O)C(=O)N1. The molecule has 3 aromatic rings. The summed E-state index contributed by atoms with van der Waals surface area (Å²) in [5.74, 6) is -1.34. The van der Waals surface area contributed by atoms with Crippen LogP contribution in [0.25, 0.3) is 5.69 Å². The molecule has 1 saturated carbocycles. The van der Waals surface area contributed by atoms with Crippen LogP contribution in [0.1, 0.15) is 64.6 Å². The number of nitrogens with zero attached hydrogens (tertiary/aromatic N) is 7. The molecule has 1 saturated heterocycles. The molecule has 4 amide bonds. The van der Waals surface area contributed by atoms with Gasteiger partial charge in [-0.1, -0.05) is 10.4 Å². The minimum atomic E-state index is -0.676. The summed E-state index contributed by atoms with van der Waals surface area (Å²) in [5, 5.41) is 21.4. The lowest BCUT2D eigenvalue weighted by molar-refractivity contribution is -0.136. The van der Waals surface area contributed by atoms with Crippen molar-refractivity contribution >= 4 is 23.6 Å². The van der Waals surface area contributed by atoms with E-state index >= 15 is 0 Å². The van der Waals surface area contributed by atoms with Crippen molar-refractivity contribution in [3.63, 3.8) is 0 Å². The minimum Gasteiger partial charge on any atom is -0.346 e. The topological polar surface area (TPSA) is 157 Å². The van der Waals surface area contributed by atoms with Crippen LogP contribution in [0.15, 0.2) is 36.8 Å². The maximum atomic E-state index is 12.9. The molecular weight excluding hydrogens is 466 g/mol. The molecule has 3 aliphatic rings. The van der Waals surface area contributed by atoms with Crippen molar-refractivity contribution in [2.45, 2.75) is 56.8 Å². The Morgan fingerprint density at radius 3 is 2.81 bits per heavy atom. The third-order valence-electron chi connectivity index (χ3n) is 7.07. The Hall–Kier alpha value is -4.42. The van der Waals surface area contributed by atoms with Gasteiger partial charge in [0.05, 0.1) is 30.2 Å². The lowest BCUT2D eigenvalue weighted by Gasteiger charge is -2.29. The Balaban J connectivity index is 1.16. The Morgan fingerprint density at radius 1 is 1.11 bits per heavy atom. The number of amides is 4. The number of nitrogens with one attached hydrogen (secondary N) is 2. The molecule has 6 rings (SSSR count). The quantitative estimate of drug-likeness (QED) is 0.479.